The molecular weight excluding hydrogens is 208 g/mol. The minimum absolute atomic E-state index is 0.455. The summed E-state index contributed by atoms with van der Waals surface area (Å²) in [5.41, 5.74) is 3.58. The highest BCUT2D eigenvalue weighted by Crippen LogP contribution is 2.34. The number of methoxy groups -OCH3 is 1. The Hall–Kier alpha value is -1.76. The second kappa shape index (κ2) is 5.05. The molecule has 0 heterocycles. The van der Waals surface area contributed by atoms with Gasteiger partial charge in [0.15, 0.2) is 0 Å². The number of para-hydroxylation sites is 1. The van der Waals surface area contributed by atoms with Crippen molar-refractivity contribution >= 4 is 0 Å². The summed E-state index contributed by atoms with van der Waals surface area (Å²) in [4.78, 5) is 0. The Labute approximate surface area is 103 Å². The molecule has 0 amide bonds. The molecule has 2 aromatic carbocycles. The summed E-state index contributed by atoms with van der Waals surface area (Å²) >= 11 is 0. The van der Waals surface area contributed by atoms with Gasteiger partial charge in [0.25, 0.3) is 0 Å². The maximum Gasteiger partial charge on any atom is 0.126 e. The van der Waals surface area contributed by atoms with Crippen molar-refractivity contribution in [2.24, 2.45) is 0 Å². The molecule has 0 spiro atoms. The van der Waals surface area contributed by atoms with Crippen molar-refractivity contribution in [3.63, 3.8) is 0 Å². The Morgan fingerprint density at radius 3 is 2.41 bits per heavy atom. The van der Waals surface area contributed by atoms with Crippen LogP contribution >= 0.6 is 0 Å². The van der Waals surface area contributed by atoms with Gasteiger partial charge in [-0.1, -0.05) is 50.2 Å². The molecule has 2 rings (SSSR count). The van der Waals surface area contributed by atoms with Crippen LogP contribution in [-0.2, 0) is 0 Å². The lowest BCUT2D eigenvalue weighted by Gasteiger charge is -2.14. The van der Waals surface area contributed by atoms with Gasteiger partial charge in [0.05, 0.1) is 7.11 Å². The molecule has 0 aliphatic rings. The monoisotopic (exact) mass is 225 g/mol. The third kappa shape index (κ3) is 2.33. The molecule has 0 bridgehead atoms. The van der Waals surface area contributed by atoms with Gasteiger partial charge in [-0.25, -0.2) is 0 Å². The molecule has 1 heteroatoms. The summed E-state index contributed by atoms with van der Waals surface area (Å²) in [6.45, 7) is 4.37. The first-order chi connectivity index (χ1) is 8.24. The molecule has 2 aromatic rings. The van der Waals surface area contributed by atoms with E-state index >= 15 is 0 Å². The van der Waals surface area contributed by atoms with Gasteiger partial charge >= 0.3 is 0 Å². The van der Waals surface area contributed by atoms with Crippen molar-refractivity contribution in [1.29, 1.82) is 0 Å². The van der Waals surface area contributed by atoms with Gasteiger partial charge in [0.1, 0.15) is 5.75 Å². The molecule has 17 heavy (non-hydrogen) atoms. The van der Waals surface area contributed by atoms with Crippen LogP contribution in [0.2, 0.25) is 0 Å². The van der Waals surface area contributed by atoms with Gasteiger partial charge in [-0.2, -0.15) is 0 Å². The van der Waals surface area contributed by atoms with E-state index in [1.165, 1.54) is 11.1 Å². The fourth-order valence-electron chi connectivity index (χ4n) is 2.03. The topological polar surface area (TPSA) is 9.23 Å². The van der Waals surface area contributed by atoms with Gasteiger partial charge in [-0.3, -0.25) is 0 Å². The van der Waals surface area contributed by atoms with Crippen LogP contribution < -0.4 is 4.74 Å². The maximum absolute atomic E-state index is 5.42. The number of benzene rings is 2. The second-order valence-electron chi connectivity index (χ2n) is 4.35. The first-order valence-corrected chi connectivity index (χ1v) is 5.88. The van der Waals surface area contributed by atoms with E-state index in [2.05, 4.69) is 32.0 Å². The molecule has 1 nitrogen and oxygen atoms in total. The Balaban J connectivity index is 2.60. The molecule has 0 fully saturated rings. The quantitative estimate of drug-likeness (QED) is 0.757. The molecule has 0 saturated heterocycles. The molecule has 0 atom stereocenters. The fourth-order valence-corrected chi connectivity index (χ4v) is 2.03. The highest BCUT2D eigenvalue weighted by molar-refractivity contribution is 5.73. The summed E-state index contributed by atoms with van der Waals surface area (Å²) < 4.78 is 5.42. The standard InChI is InChI=1S/C16H17O/c1-12(2)13-8-4-5-9-14(13)15-10-6-7-11-16(15)17-3/h4-7,9-12H,1-3H3. The minimum Gasteiger partial charge on any atom is -0.496 e. The first-order valence-electron chi connectivity index (χ1n) is 5.88. The minimum atomic E-state index is 0.455. The van der Waals surface area contributed by atoms with E-state index in [1.54, 1.807) is 7.11 Å². The van der Waals surface area contributed by atoms with Crippen LogP contribution in [0.1, 0.15) is 25.3 Å². The zero-order valence-electron chi connectivity index (χ0n) is 10.5. The molecule has 0 saturated carbocycles. The van der Waals surface area contributed by atoms with E-state index in [9.17, 15) is 0 Å². The normalized spacial score (nSPS) is 10.6. The summed E-state index contributed by atoms with van der Waals surface area (Å²) in [7, 11) is 1.71. The molecule has 0 aliphatic carbocycles. The summed E-state index contributed by atoms with van der Waals surface area (Å²) in [5.74, 6) is 1.37. The molecule has 0 N–H and O–H groups in total. The van der Waals surface area contributed by atoms with Crippen LogP contribution in [-0.4, -0.2) is 7.11 Å². The van der Waals surface area contributed by atoms with Crippen LogP contribution in [0.4, 0.5) is 0 Å². The van der Waals surface area contributed by atoms with Gasteiger partial charge in [0, 0.05) is 5.56 Å². The Bertz CT molecular complexity index is 500. The predicted octanol–water partition coefficient (Wildman–Crippen LogP) is 4.29. The number of rotatable bonds is 3. The zero-order valence-corrected chi connectivity index (χ0v) is 10.5. The Kier molecular flexibility index (Phi) is 3.48. The smallest absolute Gasteiger partial charge is 0.126 e. The number of hydrogen-bond acceptors (Lipinski definition) is 1. The molecular formula is C16H17O. The molecule has 87 valence electrons. The van der Waals surface area contributed by atoms with Crippen molar-refractivity contribution < 1.29 is 4.74 Å². The van der Waals surface area contributed by atoms with E-state index in [0.29, 0.717) is 5.92 Å². The van der Waals surface area contributed by atoms with E-state index in [0.717, 1.165) is 11.3 Å². The average Bonchev–Trinajstić information content (AvgIpc) is 2.38. The second-order valence-corrected chi connectivity index (χ2v) is 4.35. The van der Waals surface area contributed by atoms with Crippen molar-refractivity contribution in [2.75, 3.05) is 7.11 Å². The van der Waals surface area contributed by atoms with Gasteiger partial charge in [-0.05, 0) is 29.2 Å². The van der Waals surface area contributed by atoms with E-state index < -0.39 is 0 Å². The molecule has 1 radical (unpaired) electrons. The third-order valence-electron chi connectivity index (χ3n) is 2.86. The maximum atomic E-state index is 5.42. The van der Waals surface area contributed by atoms with Crippen LogP contribution in [0.25, 0.3) is 11.1 Å². The first kappa shape index (κ1) is 11.7. The fraction of sp³-hybridized carbons (Fsp3) is 0.250. The third-order valence-corrected chi connectivity index (χ3v) is 2.86. The SMILES string of the molecule is COc1ccccc1-c1ccc[c]c1C(C)C. The van der Waals surface area contributed by atoms with Crippen molar-refractivity contribution in [1.82, 2.24) is 0 Å². The van der Waals surface area contributed by atoms with Crippen LogP contribution in [0.5, 0.6) is 5.75 Å². The molecule has 0 aromatic heterocycles. The Morgan fingerprint density at radius 2 is 1.71 bits per heavy atom. The lowest BCUT2D eigenvalue weighted by molar-refractivity contribution is 0.416. The summed E-state index contributed by atoms with van der Waals surface area (Å²) in [5, 5.41) is 0. The van der Waals surface area contributed by atoms with Crippen molar-refractivity contribution in [2.45, 2.75) is 19.8 Å². The van der Waals surface area contributed by atoms with Crippen LogP contribution in [0, 0.1) is 6.07 Å². The lowest BCUT2D eigenvalue weighted by Crippen LogP contribution is -1.94. The zero-order chi connectivity index (χ0) is 12.3. The molecule has 0 aliphatic heterocycles. The summed E-state index contributed by atoms with van der Waals surface area (Å²) in [6.07, 6.45) is 0. The molecule has 0 unspecified atom stereocenters. The van der Waals surface area contributed by atoms with Gasteiger partial charge < -0.3 is 4.74 Å². The van der Waals surface area contributed by atoms with E-state index in [1.807, 2.05) is 30.3 Å². The van der Waals surface area contributed by atoms with Crippen LogP contribution in [0.15, 0.2) is 42.5 Å². The highest BCUT2D eigenvalue weighted by atomic mass is 16.5. The lowest BCUT2D eigenvalue weighted by atomic mass is 9.92. The van der Waals surface area contributed by atoms with Crippen molar-refractivity contribution in [3.8, 4) is 16.9 Å². The number of ether oxygens (including phenoxy) is 1. The van der Waals surface area contributed by atoms with E-state index in [-0.39, 0.29) is 0 Å². The number of hydrogen-bond donors (Lipinski definition) is 0. The van der Waals surface area contributed by atoms with Crippen molar-refractivity contribution in [3.05, 3.63) is 54.1 Å². The van der Waals surface area contributed by atoms with Gasteiger partial charge in [0.2, 0.25) is 0 Å². The average molecular weight is 225 g/mol. The largest absolute Gasteiger partial charge is 0.496 e. The Morgan fingerprint density at radius 1 is 1.00 bits per heavy atom. The predicted molar refractivity (Wildman–Crippen MR) is 71.4 cm³/mol. The van der Waals surface area contributed by atoms with E-state index in [4.69, 9.17) is 4.74 Å². The summed E-state index contributed by atoms with van der Waals surface area (Å²) in [6, 6.07) is 17.6. The van der Waals surface area contributed by atoms with Crippen LogP contribution in [0.3, 0.4) is 0 Å². The highest BCUT2D eigenvalue weighted by Gasteiger charge is 2.11. The van der Waals surface area contributed by atoms with Gasteiger partial charge in [-0.15, -0.1) is 0 Å².